The van der Waals surface area contributed by atoms with Gasteiger partial charge >= 0.3 is 0 Å². The quantitative estimate of drug-likeness (QED) is 0.503. The minimum atomic E-state index is 1.22. The van der Waals surface area contributed by atoms with E-state index in [9.17, 15) is 0 Å². The van der Waals surface area contributed by atoms with Crippen LogP contribution in [0, 0.1) is 6.42 Å². The highest BCUT2D eigenvalue weighted by Gasteiger charge is 2.08. The summed E-state index contributed by atoms with van der Waals surface area (Å²) in [7, 11) is 0. The summed E-state index contributed by atoms with van der Waals surface area (Å²) in [6, 6.07) is 8.31. The normalized spacial score (nSPS) is 14.7. The first kappa shape index (κ1) is 5.72. The van der Waals surface area contributed by atoms with Crippen LogP contribution in [0.3, 0.4) is 0 Å². The first-order valence-corrected chi connectivity index (χ1v) is 3.40. The van der Waals surface area contributed by atoms with Crippen molar-refractivity contribution in [1.29, 1.82) is 0 Å². The Hall–Kier alpha value is -1.04. The Balaban J connectivity index is 2.61. The summed E-state index contributed by atoms with van der Waals surface area (Å²) in [5.41, 5.74) is 3.86. The number of hydrogen-bond acceptors (Lipinski definition) is 0. The third-order valence-corrected chi connectivity index (χ3v) is 1.80. The molecule has 48 valence electrons. The summed E-state index contributed by atoms with van der Waals surface area (Å²) in [4.78, 5) is 0. The van der Waals surface area contributed by atoms with Gasteiger partial charge in [-0.1, -0.05) is 30.3 Å². The van der Waals surface area contributed by atoms with Gasteiger partial charge in [0.15, 0.2) is 0 Å². The van der Waals surface area contributed by atoms with Crippen molar-refractivity contribution in [1.82, 2.24) is 0 Å². The standard InChI is InChI=1S/C10H8/c1-8-6-7-9-4-2-3-5-10(8)9/h2-6H,1H3. The Morgan fingerprint density at radius 1 is 1.20 bits per heavy atom. The van der Waals surface area contributed by atoms with E-state index < -0.39 is 0 Å². The Morgan fingerprint density at radius 3 is 2.80 bits per heavy atom. The Labute approximate surface area is 61.2 Å². The second kappa shape index (κ2) is 1.98. The molecule has 0 heterocycles. The van der Waals surface area contributed by atoms with Crippen LogP contribution in [0.1, 0.15) is 18.1 Å². The Morgan fingerprint density at radius 2 is 2.00 bits per heavy atom. The van der Waals surface area contributed by atoms with Crippen LogP contribution >= 0.6 is 0 Å². The molecule has 1 aliphatic carbocycles. The van der Waals surface area contributed by atoms with Crippen LogP contribution in [-0.4, -0.2) is 0 Å². The molecule has 0 bridgehead atoms. The van der Waals surface area contributed by atoms with Gasteiger partial charge in [0.2, 0.25) is 0 Å². The molecule has 1 aromatic rings. The van der Waals surface area contributed by atoms with E-state index in [1.54, 1.807) is 0 Å². The fraction of sp³-hybridized carbons (Fsp3) is 0.100. The lowest BCUT2D eigenvalue weighted by Gasteiger charge is -1.97. The molecule has 0 unspecified atom stereocenters. The molecule has 1 aliphatic rings. The molecule has 0 nitrogen and oxygen atoms in total. The van der Waals surface area contributed by atoms with Crippen molar-refractivity contribution in [3.05, 3.63) is 47.9 Å². The second-order valence-electron chi connectivity index (χ2n) is 2.52. The SMILES string of the molecule is CC1=C[C]c2ccccc21. The van der Waals surface area contributed by atoms with Crippen molar-refractivity contribution in [3.63, 3.8) is 0 Å². The average Bonchev–Trinajstić information content (AvgIpc) is 2.34. The van der Waals surface area contributed by atoms with Crippen LogP contribution in [0.4, 0.5) is 0 Å². The number of fused-ring (bicyclic) bond motifs is 1. The van der Waals surface area contributed by atoms with Crippen molar-refractivity contribution >= 4 is 5.57 Å². The summed E-state index contributed by atoms with van der Waals surface area (Å²) in [6.07, 6.45) is 5.22. The van der Waals surface area contributed by atoms with Crippen molar-refractivity contribution in [3.8, 4) is 0 Å². The maximum atomic E-state index is 3.19. The van der Waals surface area contributed by atoms with Crippen LogP contribution < -0.4 is 0 Å². The smallest absolute Gasteiger partial charge is 0.0432 e. The van der Waals surface area contributed by atoms with E-state index in [0.717, 1.165) is 0 Å². The Bertz CT molecular complexity index is 282. The second-order valence-corrected chi connectivity index (χ2v) is 2.52. The van der Waals surface area contributed by atoms with Crippen LogP contribution in [0.15, 0.2) is 30.3 Å². The molecule has 0 aliphatic heterocycles. The topological polar surface area (TPSA) is 0 Å². The van der Waals surface area contributed by atoms with Crippen molar-refractivity contribution in [2.75, 3.05) is 0 Å². The molecule has 2 rings (SSSR count). The maximum Gasteiger partial charge on any atom is 0.0432 e. The average molecular weight is 128 g/mol. The minimum Gasteiger partial charge on any atom is -0.0679 e. The summed E-state index contributed by atoms with van der Waals surface area (Å²) < 4.78 is 0. The number of rotatable bonds is 0. The predicted octanol–water partition coefficient (Wildman–Crippen LogP) is 2.53. The lowest BCUT2D eigenvalue weighted by molar-refractivity contribution is 1.53. The monoisotopic (exact) mass is 128 g/mol. The summed E-state index contributed by atoms with van der Waals surface area (Å²) in [5, 5.41) is 0. The van der Waals surface area contributed by atoms with E-state index >= 15 is 0 Å². The van der Waals surface area contributed by atoms with Crippen molar-refractivity contribution in [2.45, 2.75) is 6.92 Å². The molecule has 0 fully saturated rings. The minimum absolute atomic E-state index is 1.22. The van der Waals surface area contributed by atoms with Gasteiger partial charge in [0.05, 0.1) is 0 Å². The van der Waals surface area contributed by atoms with Crippen LogP contribution in [0.25, 0.3) is 5.57 Å². The van der Waals surface area contributed by atoms with Crippen LogP contribution in [-0.2, 0) is 0 Å². The Kier molecular flexibility index (Phi) is 1.13. The molecule has 0 aromatic heterocycles. The molecule has 0 spiro atoms. The van der Waals surface area contributed by atoms with Gasteiger partial charge < -0.3 is 0 Å². The molecule has 10 heavy (non-hydrogen) atoms. The summed E-state index contributed by atoms with van der Waals surface area (Å²) in [6.45, 7) is 2.11. The molecule has 0 atom stereocenters. The molecule has 2 radical (unpaired) electrons. The number of benzene rings is 1. The van der Waals surface area contributed by atoms with Crippen LogP contribution in [0.5, 0.6) is 0 Å². The van der Waals surface area contributed by atoms with Gasteiger partial charge in [0.1, 0.15) is 0 Å². The highest BCUT2D eigenvalue weighted by molar-refractivity contribution is 5.75. The summed E-state index contributed by atoms with van der Waals surface area (Å²) in [5.74, 6) is 0. The molecular formula is C10H8. The molecular weight excluding hydrogens is 120 g/mol. The first-order valence-electron chi connectivity index (χ1n) is 3.40. The third-order valence-electron chi connectivity index (χ3n) is 1.80. The van der Waals surface area contributed by atoms with Gasteiger partial charge in [-0.05, 0) is 23.6 Å². The van der Waals surface area contributed by atoms with E-state index in [0.29, 0.717) is 0 Å². The van der Waals surface area contributed by atoms with E-state index in [1.807, 2.05) is 12.1 Å². The van der Waals surface area contributed by atoms with Gasteiger partial charge in [-0.3, -0.25) is 0 Å². The maximum absolute atomic E-state index is 3.19. The fourth-order valence-electron chi connectivity index (χ4n) is 1.22. The predicted molar refractivity (Wildman–Crippen MR) is 42.4 cm³/mol. The molecule has 0 saturated heterocycles. The third kappa shape index (κ3) is 0.688. The largest absolute Gasteiger partial charge is 0.0679 e. The zero-order chi connectivity index (χ0) is 6.97. The van der Waals surface area contributed by atoms with Gasteiger partial charge in [-0.2, -0.15) is 0 Å². The number of hydrogen-bond donors (Lipinski definition) is 0. The van der Waals surface area contributed by atoms with Crippen molar-refractivity contribution < 1.29 is 0 Å². The van der Waals surface area contributed by atoms with E-state index in [1.165, 1.54) is 16.7 Å². The number of allylic oxidation sites excluding steroid dienone is 2. The van der Waals surface area contributed by atoms with Crippen molar-refractivity contribution in [2.24, 2.45) is 0 Å². The van der Waals surface area contributed by atoms with Gasteiger partial charge in [-0.15, -0.1) is 0 Å². The molecule has 0 heteroatoms. The molecule has 0 saturated carbocycles. The van der Waals surface area contributed by atoms with E-state index in [-0.39, 0.29) is 0 Å². The van der Waals surface area contributed by atoms with E-state index in [4.69, 9.17) is 0 Å². The molecule has 1 aromatic carbocycles. The summed E-state index contributed by atoms with van der Waals surface area (Å²) >= 11 is 0. The highest BCUT2D eigenvalue weighted by Crippen LogP contribution is 2.27. The van der Waals surface area contributed by atoms with Crippen LogP contribution in [0.2, 0.25) is 0 Å². The fourth-order valence-corrected chi connectivity index (χ4v) is 1.22. The van der Waals surface area contributed by atoms with Gasteiger partial charge in [0, 0.05) is 6.42 Å². The lowest BCUT2D eigenvalue weighted by Crippen LogP contribution is -1.78. The van der Waals surface area contributed by atoms with E-state index in [2.05, 4.69) is 31.5 Å². The van der Waals surface area contributed by atoms with Gasteiger partial charge in [-0.25, -0.2) is 0 Å². The van der Waals surface area contributed by atoms with Gasteiger partial charge in [0.25, 0.3) is 0 Å². The lowest BCUT2D eigenvalue weighted by atomic mass is 10.1. The molecule has 0 amide bonds. The molecule has 0 N–H and O–H groups in total. The zero-order valence-corrected chi connectivity index (χ0v) is 5.89. The highest BCUT2D eigenvalue weighted by atomic mass is 14.1. The zero-order valence-electron chi connectivity index (χ0n) is 5.89. The first-order chi connectivity index (χ1) is 4.88.